The van der Waals surface area contributed by atoms with E-state index < -0.39 is 0 Å². The fourth-order valence-electron chi connectivity index (χ4n) is 2.81. The zero-order valence-electron chi connectivity index (χ0n) is 16.6. The van der Waals surface area contributed by atoms with E-state index >= 15 is 0 Å². The summed E-state index contributed by atoms with van der Waals surface area (Å²) >= 11 is 0. The van der Waals surface area contributed by atoms with Crippen LogP contribution in [0.2, 0.25) is 0 Å². The Morgan fingerprint density at radius 1 is 0.583 bits per heavy atom. The first-order chi connectivity index (χ1) is 11.8. The SMILES string of the molecule is CCCCCCCCOCCCCCCCCCCOCC(C)O. The molecule has 24 heavy (non-hydrogen) atoms. The van der Waals surface area contributed by atoms with Crippen LogP contribution in [0.5, 0.6) is 0 Å². The van der Waals surface area contributed by atoms with Gasteiger partial charge in [-0.25, -0.2) is 0 Å². The molecule has 0 aliphatic rings. The third-order valence-corrected chi connectivity index (χ3v) is 4.33. The Hall–Kier alpha value is -0.120. The van der Waals surface area contributed by atoms with Crippen molar-refractivity contribution in [3.05, 3.63) is 0 Å². The molecule has 0 amide bonds. The monoisotopic (exact) mass is 344 g/mol. The van der Waals surface area contributed by atoms with Crippen LogP contribution in [0.25, 0.3) is 0 Å². The van der Waals surface area contributed by atoms with Crippen molar-refractivity contribution in [3.63, 3.8) is 0 Å². The number of aliphatic hydroxyl groups is 1. The number of hydrogen-bond donors (Lipinski definition) is 1. The van der Waals surface area contributed by atoms with E-state index in [0.717, 1.165) is 26.2 Å². The molecular formula is C21H44O3. The first-order valence-corrected chi connectivity index (χ1v) is 10.6. The molecule has 0 aromatic carbocycles. The average molecular weight is 345 g/mol. The van der Waals surface area contributed by atoms with Gasteiger partial charge in [0.2, 0.25) is 0 Å². The highest BCUT2D eigenvalue weighted by atomic mass is 16.5. The van der Waals surface area contributed by atoms with E-state index in [4.69, 9.17) is 14.6 Å². The van der Waals surface area contributed by atoms with Gasteiger partial charge in [0.1, 0.15) is 0 Å². The summed E-state index contributed by atoms with van der Waals surface area (Å²) in [5.41, 5.74) is 0. The molecule has 0 saturated carbocycles. The Bertz CT molecular complexity index is 219. The molecule has 0 spiro atoms. The van der Waals surface area contributed by atoms with Gasteiger partial charge in [-0.2, -0.15) is 0 Å². The second-order valence-corrected chi connectivity index (χ2v) is 7.13. The predicted octanol–water partition coefficient (Wildman–Crippen LogP) is 5.88. The molecule has 0 heterocycles. The molecule has 0 fully saturated rings. The summed E-state index contributed by atoms with van der Waals surface area (Å²) in [6, 6.07) is 0. The van der Waals surface area contributed by atoms with E-state index in [1.54, 1.807) is 6.92 Å². The van der Waals surface area contributed by atoms with E-state index in [1.165, 1.54) is 83.5 Å². The number of hydrogen-bond acceptors (Lipinski definition) is 3. The summed E-state index contributed by atoms with van der Waals surface area (Å²) < 4.78 is 11.1. The van der Waals surface area contributed by atoms with Gasteiger partial charge in [0, 0.05) is 19.8 Å². The smallest absolute Gasteiger partial charge is 0.0745 e. The van der Waals surface area contributed by atoms with Crippen molar-refractivity contribution in [1.29, 1.82) is 0 Å². The lowest BCUT2D eigenvalue weighted by Gasteiger charge is -2.06. The van der Waals surface area contributed by atoms with Crippen molar-refractivity contribution in [2.24, 2.45) is 0 Å². The minimum absolute atomic E-state index is 0.334. The number of ether oxygens (including phenoxy) is 2. The van der Waals surface area contributed by atoms with Crippen LogP contribution in [0, 0.1) is 0 Å². The topological polar surface area (TPSA) is 38.7 Å². The Kier molecular flexibility index (Phi) is 20.8. The summed E-state index contributed by atoms with van der Waals surface area (Å²) in [4.78, 5) is 0. The van der Waals surface area contributed by atoms with E-state index in [1.807, 2.05) is 0 Å². The highest BCUT2D eigenvalue weighted by Gasteiger charge is 1.96. The van der Waals surface area contributed by atoms with Crippen LogP contribution in [0.3, 0.4) is 0 Å². The molecule has 0 aliphatic carbocycles. The van der Waals surface area contributed by atoms with Crippen molar-refractivity contribution in [2.45, 2.75) is 110 Å². The quantitative estimate of drug-likeness (QED) is 0.280. The predicted molar refractivity (Wildman–Crippen MR) is 104 cm³/mol. The Balaban J connectivity index is 2.95. The minimum atomic E-state index is -0.334. The second-order valence-electron chi connectivity index (χ2n) is 7.13. The molecule has 3 heteroatoms. The summed E-state index contributed by atoms with van der Waals surface area (Å²) in [6.45, 7) is 7.21. The van der Waals surface area contributed by atoms with Crippen LogP contribution in [-0.4, -0.2) is 37.6 Å². The third kappa shape index (κ3) is 21.9. The van der Waals surface area contributed by atoms with Gasteiger partial charge in [-0.3, -0.25) is 0 Å². The van der Waals surface area contributed by atoms with E-state index in [2.05, 4.69) is 6.92 Å². The molecule has 0 aromatic rings. The van der Waals surface area contributed by atoms with Gasteiger partial charge >= 0.3 is 0 Å². The minimum Gasteiger partial charge on any atom is -0.391 e. The molecular weight excluding hydrogens is 300 g/mol. The maximum atomic E-state index is 9.06. The largest absolute Gasteiger partial charge is 0.391 e. The fraction of sp³-hybridized carbons (Fsp3) is 1.00. The summed E-state index contributed by atoms with van der Waals surface area (Å²) in [5.74, 6) is 0. The van der Waals surface area contributed by atoms with Crippen molar-refractivity contribution in [2.75, 3.05) is 26.4 Å². The molecule has 0 aromatic heterocycles. The Labute approximate surface area is 151 Å². The lowest BCUT2D eigenvalue weighted by molar-refractivity contribution is 0.0445. The normalized spacial score (nSPS) is 12.6. The Morgan fingerprint density at radius 2 is 0.958 bits per heavy atom. The molecule has 1 atom stereocenters. The van der Waals surface area contributed by atoms with E-state index in [0.29, 0.717) is 6.61 Å². The molecule has 1 unspecified atom stereocenters. The molecule has 0 aliphatic heterocycles. The van der Waals surface area contributed by atoms with Crippen molar-refractivity contribution < 1.29 is 14.6 Å². The van der Waals surface area contributed by atoms with Crippen molar-refractivity contribution in [1.82, 2.24) is 0 Å². The number of rotatable bonds is 20. The van der Waals surface area contributed by atoms with Gasteiger partial charge in [0.05, 0.1) is 12.7 Å². The van der Waals surface area contributed by atoms with Crippen LogP contribution in [0.1, 0.15) is 104 Å². The third-order valence-electron chi connectivity index (χ3n) is 4.33. The van der Waals surface area contributed by atoms with Crippen molar-refractivity contribution >= 4 is 0 Å². The first kappa shape index (κ1) is 23.9. The summed E-state index contributed by atoms with van der Waals surface area (Å²) in [6.07, 6.45) is 18.0. The van der Waals surface area contributed by atoms with E-state index in [-0.39, 0.29) is 6.10 Å². The lowest BCUT2D eigenvalue weighted by atomic mass is 10.1. The van der Waals surface area contributed by atoms with Gasteiger partial charge in [-0.05, 0) is 26.2 Å². The first-order valence-electron chi connectivity index (χ1n) is 10.6. The van der Waals surface area contributed by atoms with Gasteiger partial charge < -0.3 is 14.6 Å². The Morgan fingerprint density at radius 3 is 1.38 bits per heavy atom. The highest BCUT2D eigenvalue weighted by Crippen LogP contribution is 2.09. The maximum Gasteiger partial charge on any atom is 0.0745 e. The molecule has 0 rings (SSSR count). The van der Waals surface area contributed by atoms with Crippen LogP contribution >= 0.6 is 0 Å². The molecule has 1 N–H and O–H groups in total. The van der Waals surface area contributed by atoms with Crippen LogP contribution in [-0.2, 0) is 9.47 Å². The van der Waals surface area contributed by atoms with Gasteiger partial charge in [0.25, 0.3) is 0 Å². The molecule has 0 radical (unpaired) electrons. The standard InChI is InChI=1S/C21H44O3/c1-3-4-5-6-11-14-17-23-18-15-12-9-7-8-10-13-16-19-24-20-21(2)22/h21-22H,3-20H2,1-2H3. The maximum absolute atomic E-state index is 9.06. The highest BCUT2D eigenvalue weighted by molar-refractivity contribution is 4.48. The average Bonchev–Trinajstić information content (AvgIpc) is 2.56. The fourth-order valence-corrected chi connectivity index (χ4v) is 2.81. The van der Waals surface area contributed by atoms with Gasteiger partial charge in [-0.1, -0.05) is 77.6 Å². The van der Waals surface area contributed by atoms with Crippen LogP contribution in [0.4, 0.5) is 0 Å². The van der Waals surface area contributed by atoms with Gasteiger partial charge in [0.15, 0.2) is 0 Å². The number of aliphatic hydroxyl groups excluding tert-OH is 1. The second kappa shape index (κ2) is 20.9. The van der Waals surface area contributed by atoms with Crippen LogP contribution < -0.4 is 0 Å². The van der Waals surface area contributed by atoms with E-state index in [9.17, 15) is 0 Å². The lowest BCUT2D eigenvalue weighted by Crippen LogP contribution is -2.10. The zero-order valence-corrected chi connectivity index (χ0v) is 16.6. The zero-order chi connectivity index (χ0) is 17.7. The number of unbranched alkanes of at least 4 members (excludes halogenated alkanes) is 12. The molecule has 146 valence electrons. The van der Waals surface area contributed by atoms with Crippen molar-refractivity contribution in [3.8, 4) is 0 Å². The van der Waals surface area contributed by atoms with Gasteiger partial charge in [-0.15, -0.1) is 0 Å². The molecule has 3 nitrogen and oxygen atoms in total. The summed E-state index contributed by atoms with van der Waals surface area (Å²) in [7, 11) is 0. The molecule has 0 saturated heterocycles. The molecule has 0 bridgehead atoms. The van der Waals surface area contributed by atoms with Crippen LogP contribution in [0.15, 0.2) is 0 Å². The summed E-state index contributed by atoms with van der Waals surface area (Å²) in [5, 5.41) is 9.06.